The monoisotopic (exact) mass is 261 g/mol. The molecule has 0 aliphatic heterocycles. The van der Waals surface area contributed by atoms with Crippen molar-refractivity contribution in [1.82, 2.24) is 0 Å². The van der Waals surface area contributed by atoms with Gasteiger partial charge in [-0.05, 0) is 27.7 Å². The maximum Gasteiger partial charge on any atom is 2.00 e. The van der Waals surface area contributed by atoms with E-state index in [4.69, 9.17) is 0 Å². The molecule has 0 amide bonds. The summed E-state index contributed by atoms with van der Waals surface area (Å²) in [5.41, 5.74) is 0. The van der Waals surface area contributed by atoms with Gasteiger partial charge in [-0.25, -0.2) is 20.4 Å². The van der Waals surface area contributed by atoms with Gasteiger partial charge in [0.1, 0.15) is 24.4 Å². The molecule has 0 heterocycles. The van der Waals surface area contributed by atoms with Crippen molar-refractivity contribution in [2.75, 3.05) is 0 Å². The third-order valence-electron chi connectivity index (χ3n) is 0.813. The van der Waals surface area contributed by atoms with Crippen LogP contribution in [0.15, 0.2) is 0 Å². The zero-order valence-electron chi connectivity index (χ0n) is 9.09. The van der Waals surface area contributed by atoms with Crippen LogP contribution >= 0.6 is 0 Å². The van der Waals surface area contributed by atoms with Gasteiger partial charge in [-0.3, -0.25) is 0 Å². The van der Waals surface area contributed by atoms with Crippen LogP contribution in [0.1, 0.15) is 27.7 Å². The summed E-state index contributed by atoms with van der Waals surface area (Å²) in [6.45, 7) is 5.39. The quantitative estimate of drug-likeness (QED) is 0.696. The van der Waals surface area contributed by atoms with Crippen molar-refractivity contribution in [3.63, 3.8) is 0 Å². The van der Waals surface area contributed by atoms with E-state index in [0.717, 1.165) is 12.8 Å². The number of hydrogen-bond acceptors (Lipinski definition) is 0. The van der Waals surface area contributed by atoms with Crippen LogP contribution in [-0.2, 0) is 37.5 Å². The molecule has 11 radical (unpaired) electrons. The third kappa shape index (κ3) is 31.4. The van der Waals surface area contributed by atoms with E-state index in [1.54, 1.807) is 0 Å². The Morgan fingerprint density at radius 1 is 0.600 bits per heavy atom. The first-order valence-electron chi connectivity index (χ1n) is 3.97. The fourth-order valence-electron chi connectivity index (χ4n) is 0.572. The molecule has 0 spiro atoms. The maximum absolute atomic E-state index is 9.98. The predicted octanol–water partition coefficient (Wildman–Crippen LogP) is 2.31. The van der Waals surface area contributed by atoms with Crippen LogP contribution in [-0.4, -0.2) is 0 Å². The summed E-state index contributed by atoms with van der Waals surface area (Å²) in [4.78, 5) is 0. The van der Waals surface area contributed by atoms with E-state index in [1.807, 2.05) is 0 Å². The molecule has 0 atom stereocenters. The molecule has 87 valence electrons. The zero-order chi connectivity index (χ0) is 11.7. The molecule has 0 aromatic heterocycles. The van der Waals surface area contributed by atoms with Gasteiger partial charge >= 0.3 is 17.1 Å². The summed E-state index contributed by atoms with van der Waals surface area (Å²) in [5, 5.41) is 39.9. The van der Waals surface area contributed by atoms with E-state index in [0.29, 0.717) is 0 Å². The Hall–Kier alpha value is 0.359. The summed E-state index contributed by atoms with van der Waals surface area (Å²) in [5.74, 6) is 0. The van der Waals surface area contributed by atoms with Gasteiger partial charge in [0.15, 0.2) is 0 Å². The molecule has 0 N–H and O–H groups in total. The van der Waals surface area contributed by atoms with Crippen LogP contribution in [0.5, 0.6) is 0 Å². The van der Waals surface area contributed by atoms with Gasteiger partial charge in [0.25, 0.3) is 0 Å². The van der Waals surface area contributed by atoms with Gasteiger partial charge in [-0.15, -0.1) is 0 Å². The zero-order valence-corrected chi connectivity index (χ0v) is 10.0. The molecule has 15 heavy (non-hydrogen) atoms. The van der Waals surface area contributed by atoms with E-state index in [9.17, 15) is 20.4 Å². The van der Waals surface area contributed by atoms with E-state index < -0.39 is 0 Å². The van der Waals surface area contributed by atoms with E-state index >= 15 is 0 Å². The van der Waals surface area contributed by atoms with Crippen molar-refractivity contribution in [3.05, 3.63) is 37.3 Å². The van der Waals surface area contributed by atoms with E-state index in [-0.39, 0.29) is 41.5 Å². The van der Waals surface area contributed by atoms with Crippen molar-refractivity contribution in [2.24, 2.45) is 0 Å². The first-order chi connectivity index (χ1) is 6.25. The van der Waals surface area contributed by atoms with Crippen molar-refractivity contribution in [3.8, 4) is 0 Å². The first kappa shape index (κ1) is 20.7. The average molecular weight is 262 g/mol. The summed E-state index contributed by atoms with van der Waals surface area (Å²) < 4.78 is 0. The Morgan fingerprint density at radius 2 is 0.733 bits per heavy atom. The summed E-state index contributed by atoms with van der Waals surface area (Å²) in [7, 11) is 0. The normalized spacial score (nSPS) is 10.4. The van der Waals surface area contributed by atoms with E-state index in [2.05, 4.69) is 0 Å². The van der Waals surface area contributed by atoms with Crippen LogP contribution in [0.2, 0.25) is 0 Å². The predicted molar refractivity (Wildman–Crippen MR) is 47.0 cm³/mol. The van der Waals surface area contributed by atoms with Gasteiger partial charge in [0.05, 0.1) is 0 Å². The molecule has 0 aliphatic rings. The second-order valence-electron chi connectivity index (χ2n) is 2.73. The molecule has 5 heteroatoms. The molecule has 0 aromatic rings. The smallest absolute Gasteiger partial charge is 0.226 e. The SMILES string of the molecule is C[C]([O])[CH][C](C)[O].C[C]([O])[CH][C](C)[O].[Cu+2]. The molecular weight excluding hydrogens is 248 g/mol. The minimum Gasteiger partial charge on any atom is -0.226 e. The second kappa shape index (κ2) is 12.4. The Kier molecular flexibility index (Phi) is 17.2. The standard InChI is InChI=1S/2C5H7O2.Cu/c2*1-4(6)3-5(2)7;/h2*3H,1-2H3;/q;;+2. The first-order valence-corrected chi connectivity index (χ1v) is 3.97. The second-order valence-corrected chi connectivity index (χ2v) is 2.73. The summed E-state index contributed by atoms with van der Waals surface area (Å²) in [6.07, 6.45) is 1.36. The molecule has 0 saturated carbocycles. The van der Waals surface area contributed by atoms with Crippen LogP contribution < -0.4 is 0 Å². The Balaban J connectivity index is -0.000000180. The molecule has 0 unspecified atom stereocenters. The molecule has 0 aromatic carbocycles. The number of rotatable bonds is 4. The van der Waals surface area contributed by atoms with E-state index in [1.165, 1.54) is 27.7 Å². The van der Waals surface area contributed by atoms with Crippen LogP contribution in [0.3, 0.4) is 0 Å². The molecule has 0 bridgehead atoms. The molecule has 0 saturated heterocycles. The van der Waals surface area contributed by atoms with Crippen molar-refractivity contribution >= 4 is 0 Å². The fraction of sp³-hybridized carbons (Fsp3) is 0.400. The molecular formula is C10H14CuO4+2. The van der Waals surface area contributed by atoms with Crippen LogP contribution in [0.4, 0.5) is 0 Å². The summed E-state index contributed by atoms with van der Waals surface area (Å²) in [6, 6.07) is 0. The van der Waals surface area contributed by atoms with Crippen molar-refractivity contribution in [1.29, 1.82) is 0 Å². The topological polar surface area (TPSA) is 79.6 Å². The van der Waals surface area contributed by atoms with Crippen LogP contribution in [0, 0.1) is 37.3 Å². The fourth-order valence-corrected chi connectivity index (χ4v) is 0.572. The van der Waals surface area contributed by atoms with Gasteiger partial charge in [-0.2, -0.15) is 0 Å². The van der Waals surface area contributed by atoms with Crippen molar-refractivity contribution < 1.29 is 37.5 Å². The average Bonchev–Trinajstić information content (AvgIpc) is 1.79. The van der Waals surface area contributed by atoms with Crippen molar-refractivity contribution in [2.45, 2.75) is 27.7 Å². The Bertz CT molecular complexity index is 90.0. The largest absolute Gasteiger partial charge is 2.00 e. The molecule has 0 rings (SSSR count). The Morgan fingerprint density at radius 3 is 0.733 bits per heavy atom. The minimum absolute atomic E-state index is 0. The maximum atomic E-state index is 9.98. The molecule has 4 nitrogen and oxygen atoms in total. The van der Waals surface area contributed by atoms with Crippen LogP contribution in [0.25, 0.3) is 0 Å². The van der Waals surface area contributed by atoms with Gasteiger partial charge in [-0.1, -0.05) is 0 Å². The molecule has 0 aliphatic carbocycles. The molecule has 0 fully saturated rings. The van der Waals surface area contributed by atoms with Gasteiger partial charge < -0.3 is 0 Å². The minimum atomic E-state index is -0.187. The number of hydrogen-bond donors (Lipinski definition) is 0. The van der Waals surface area contributed by atoms with Gasteiger partial charge in [0, 0.05) is 12.8 Å². The third-order valence-corrected chi connectivity index (χ3v) is 0.813. The Labute approximate surface area is 103 Å². The summed E-state index contributed by atoms with van der Waals surface area (Å²) >= 11 is 0. The van der Waals surface area contributed by atoms with Gasteiger partial charge in [0.2, 0.25) is 0 Å².